The molecule has 0 atom stereocenters. The average molecular weight is 431 g/mol. The summed E-state index contributed by atoms with van der Waals surface area (Å²) in [7, 11) is 0. The summed E-state index contributed by atoms with van der Waals surface area (Å²) in [6.07, 6.45) is 1.63. The molecule has 31 heavy (non-hydrogen) atoms. The normalized spacial score (nSPS) is 10.1. The average Bonchev–Trinajstić information content (AvgIpc) is 3.38. The number of rotatable bonds is 5. The topological polar surface area (TPSA) is 66.9 Å². The summed E-state index contributed by atoms with van der Waals surface area (Å²) in [6, 6.07) is 28.2. The van der Waals surface area contributed by atoms with E-state index in [0.717, 1.165) is 11.1 Å². The first-order valence-corrected chi connectivity index (χ1v) is 9.77. The van der Waals surface area contributed by atoms with E-state index in [9.17, 15) is 4.79 Å². The van der Waals surface area contributed by atoms with Gasteiger partial charge in [0.05, 0.1) is 6.20 Å². The summed E-state index contributed by atoms with van der Waals surface area (Å²) >= 11 is 0. The number of aromatic nitrogens is 2. The fourth-order valence-electron chi connectivity index (χ4n) is 2.98. The highest BCUT2D eigenvalue weighted by Gasteiger charge is 2.10. The Kier molecular flexibility index (Phi) is 7.35. The molecule has 1 aromatic heterocycles. The Morgan fingerprint density at radius 3 is 2.00 bits per heavy atom. The molecule has 0 unspecified atom stereocenters. The third-order valence-corrected chi connectivity index (χ3v) is 4.55. The SMILES string of the molecule is CC(=O)Nc1cnc(-c2ccccc2)nc1NCc1ccccc1.Cl.c1cc2cc-2c1. The second kappa shape index (κ2) is 10.4. The van der Waals surface area contributed by atoms with Crippen LogP contribution in [0.4, 0.5) is 11.5 Å². The van der Waals surface area contributed by atoms with E-state index in [2.05, 4.69) is 44.9 Å². The Hall–Kier alpha value is -3.70. The number of nitrogens with one attached hydrogen (secondary N) is 2. The number of benzene rings is 3. The number of hydrogen-bond donors (Lipinski definition) is 2. The summed E-state index contributed by atoms with van der Waals surface area (Å²) in [5, 5.41) is 6.04. The molecule has 6 heteroatoms. The van der Waals surface area contributed by atoms with Gasteiger partial charge in [-0.3, -0.25) is 4.79 Å². The summed E-state index contributed by atoms with van der Waals surface area (Å²) in [6.45, 7) is 2.07. The third-order valence-electron chi connectivity index (χ3n) is 4.55. The van der Waals surface area contributed by atoms with Gasteiger partial charge < -0.3 is 10.6 Å². The highest BCUT2D eigenvalue weighted by Crippen LogP contribution is 2.32. The Morgan fingerprint density at radius 1 is 0.839 bits per heavy atom. The first-order valence-electron chi connectivity index (χ1n) is 9.77. The monoisotopic (exact) mass is 430 g/mol. The predicted molar refractivity (Wildman–Crippen MR) is 128 cm³/mol. The molecule has 0 radical (unpaired) electrons. The van der Waals surface area contributed by atoms with Crippen molar-refractivity contribution in [1.82, 2.24) is 9.97 Å². The van der Waals surface area contributed by atoms with Crippen LogP contribution in [0.5, 0.6) is 0 Å². The lowest BCUT2D eigenvalue weighted by Gasteiger charge is -2.12. The minimum absolute atomic E-state index is 0. The van der Waals surface area contributed by atoms with Crippen molar-refractivity contribution >= 4 is 29.8 Å². The summed E-state index contributed by atoms with van der Waals surface area (Å²) < 4.78 is 0. The van der Waals surface area contributed by atoms with Gasteiger partial charge in [0.25, 0.3) is 0 Å². The van der Waals surface area contributed by atoms with Gasteiger partial charge in [-0.25, -0.2) is 9.97 Å². The number of amides is 1. The molecule has 0 saturated carbocycles. The molecule has 2 N–H and O–H groups in total. The van der Waals surface area contributed by atoms with Gasteiger partial charge in [0.1, 0.15) is 5.69 Å². The molecule has 2 aliphatic rings. The van der Waals surface area contributed by atoms with Gasteiger partial charge in [-0.2, -0.15) is 0 Å². The zero-order chi connectivity index (χ0) is 20.8. The van der Waals surface area contributed by atoms with Crippen LogP contribution in [0.3, 0.4) is 0 Å². The molecule has 156 valence electrons. The number of carbonyl (C=O) groups is 1. The summed E-state index contributed by atoms with van der Waals surface area (Å²) in [5.41, 5.74) is 5.48. The lowest BCUT2D eigenvalue weighted by Crippen LogP contribution is -2.12. The number of fused-ring (bicyclic) bond motifs is 1. The molecule has 0 spiro atoms. The quantitative estimate of drug-likeness (QED) is 0.369. The zero-order valence-corrected chi connectivity index (χ0v) is 17.9. The maximum Gasteiger partial charge on any atom is 0.221 e. The van der Waals surface area contributed by atoms with E-state index in [1.54, 1.807) is 6.20 Å². The molecule has 0 fully saturated rings. The van der Waals surface area contributed by atoms with Crippen LogP contribution in [-0.4, -0.2) is 15.9 Å². The van der Waals surface area contributed by atoms with Crippen molar-refractivity contribution in [2.75, 3.05) is 10.6 Å². The van der Waals surface area contributed by atoms with Crippen molar-refractivity contribution in [2.45, 2.75) is 13.5 Å². The Balaban J connectivity index is 0.000000330. The van der Waals surface area contributed by atoms with Crippen molar-refractivity contribution in [2.24, 2.45) is 0 Å². The molecule has 1 heterocycles. The molecule has 5 rings (SSSR count). The second-order valence-electron chi connectivity index (χ2n) is 6.92. The van der Waals surface area contributed by atoms with E-state index >= 15 is 0 Å². The van der Waals surface area contributed by atoms with E-state index in [1.165, 1.54) is 18.1 Å². The van der Waals surface area contributed by atoms with Crippen LogP contribution in [0.15, 0.2) is 91.1 Å². The molecule has 1 amide bonds. The number of nitrogens with zero attached hydrogens (tertiary/aromatic N) is 2. The molecule has 3 aromatic rings. The highest BCUT2D eigenvalue weighted by molar-refractivity contribution is 5.91. The Labute approximate surface area is 188 Å². The molecular weight excluding hydrogens is 408 g/mol. The highest BCUT2D eigenvalue weighted by atomic mass is 35.5. The number of halogens is 1. The van der Waals surface area contributed by atoms with Gasteiger partial charge in [-0.1, -0.05) is 78.9 Å². The smallest absolute Gasteiger partial charge is 0.221 e. The maximum absolute atomic E-state index is 11.4. The van der Waals surface area contributed by atoms with Gasteiger partial charge in [0, 0.05) is 19.0 Å². The van der Waals surface area contributed by atoms with E-state index in [0.29, 0.717) is 23.9 Å². The zero-order valence-electron chi connectivity index (χ0n) is 17.1. The lowest BCUT2D eigenvalue weighted by atomic mass is 10.2. The lowest BCUT2D eigenvalue weighted by molar-refractivity contribution is -0.114. The van der Waals surface area contributed by atoms with Crippen molar-refractivity contribution in [3.8, 4) is 22.5 Å². The van der Waals surface area contributed by atoms with Crippen molar-refractivity contribution in [1.29, 1.82) is 0 Å². The number of carbonyl (C=O) groups excluding carboxylic acids is 1. The van der Waals surface area contributed by atoms with E-state index < -0.39 is 0 Å². The largest absolute Gasteiger partial charge is 0.364 e. The van der Waals surface area contributed by atoms with E-state index in [-0.39, 0.29) is 18.3 Å². The minimum Gasteiger partial charge on any atom is -0.364 e. The van der Waals surface area contributed by atoms with Crippen LogP contribution in [0.25, 0.3) is 22.5 Å². The van der Waals surface area contributed by atoms with Crippen LogP contribution in [0.1, 0.15) is 12.5 Å². The summed E-state index contributed by atoms with van der Waals surface area (Å²) in [5.74, 6) is 1.05. The maximum atomic E-state index is 11.4. The van der Waals surface area contributed by atoms with Crippen LogP contribution in [0, 0.1) is 0 Å². The minimum atomic E-state index is -0.158. The third kappa shape index (κ3) is 6.14. The fraction of sp³-hybridized carbons (Fsp3) is 0.0800. The van der Waals surface area contributed by atoms with Gasteiger partial charge in [0.15, 0.2) is 11.6 Å². The van der Waals surface area contributed by atoms with Crippen molar-refractivity contribution < 1.29 is 4.79 Å². The molecule has 2 aromatic carbocycles. The Bertz CT molecular complexity index is 1130. The van der Waals surface area contributed by atoms with Crippen LogP contribution >= 0.6 is 12.4 Å². The summed E-state index contributed by atoms with van der Waals surface area (Å²) in [4.78, 5) is 20.3. The van der Waals surface area contributed by atoms with Gasteiger partial charge in [0.2, 0.25) is 5.91 Å². The van der Waals surface area contributed by atoms with E-state index in [1.807, 2.05) is 60.7 Å². The van der Waals surface area contributed by atoms with Gasteiger partial charge in [-0.15, -0.1) is 12.4 Å². The Morgan fingerprint density at radius 2 is 1.45 bits per heavy atom. The van der Waals surface area contributed by atoms with Crippen LogP contribution in [0.2, 0.25) is 0 Å². The molecule has 2 aliphatic carbocycles. The van der Waals surface area contributed by atoms with Crippen LogP contribution in [-0.2, 0) is 11.3 Å². The fourth-order valence-corrected chi connectivity index (χ4v) is 2.98. The molecule has 0 bridgehead atoms. The van der Waals surface area contributed by atoms with Crippen LogP contribution < -0.4 is 10.6 Å². The predicted octanol–water partition coefficient (Wildman–Crippen LogP) is 5.80. The first-order chi connectivity index (χ1) is 14.7. The van der Waals surface area contributed by atoms with Crippen molar-refractivity contribution in [3.05, 3.63) is 96.7 Å². The number of anilines is 2. The first kappa shape index (κ1) is 22.0. The van der Waals surface area contributed by atoms with Crippen molar-refractivity contribution in [3.63, 3.8) is 0 Å². The molecular formula is C25H23ClN4O. The van der Waals surface area contributed by atoms with Gasteiger partial charge >= 0.3 is 0 Å². The van der Waals surface area contributed by atoms with E-state index in [4.69, 9.17) is 0 Å². The molecule has 5 nitrogen and oxygen atoms in total. The van der Waals surface area contributed by atoms with Gasteiger partial charge in [-0.05, 0) is 22.8 Å². The molecule has 0 saturated heterocycles. The second-order valence-corrected chi connectivity index (χ2v) is 6.92. The standard InChI is InChI=1S/C19H18N4O.C6H4.ClH/c1-14(24)22-17-13-21-18(16-10-6-3-7-11-16)23-19(17)20-12-15-8-4-2-5-9-15;1-2-5-4-6(5)3-1;/h2-11,13H,12H2,1H3,(H,22,24)(H,20,21,23);1-4H;1H. The number of hydrogen-bond acceptors (Lipinski definition) is 4. The molecule has 0 aliphatic heterocycles.